The number of nitrogens with zero attached hydrogens (tertiary/aromatic N) is 1. The van der Waals surface area contributed by atoms with Gasteiger partial charge in [0.2, 0.25) is 0 Å². The first kappa shape index (κ1) is 20.4. The lowest BCUT2D eigenvalue weighted by Crippen LogP contribution is -2.12. The van der Waals surface area contributed by atoms with Crippen LogP contribution in [0.5, 0.6) is 5.75 Å². The van der Waals surface area contributed by atoms with Crippen molar-refractivity contribution in [3.8, 4) is 5.75 Å². The molecule has 29 heavy (non-hydrogen) atoms. The van der Waals surface area contributed by atoms with Crippen LogP contribution in [0.1, 0.15) is 24.9 Å². The molecule has 2 N–H and O–H groups in total. The predicted octanol–water partition coefficient (Wildman–Crippen LogP) is 4.64. The maximum absolute atomic E-state index is 12.5. The zero-order valence-electron chi connectivity index (χ0n) is 16.8. The summed E-state index contributed by atoms with van der Waals surface area (Å²) in [5.41, 5.74) is 3.35. The van der Waals surface area contributed by atoms with Crippen LogP contribution in [0.25, 0.3) is 0 Å². The molecular weight excluding hydrogens is 386 g/mol. The van der Waals surface area contributed by atoms with Gasteiger partial charge in [0.15, 0.2) is 0 Å². The minimum absolute atomic E-state index is 0.243. The van der Waals surface area contributed by atoms with Crippen molar-refractivity contribution in [2.45, 2.75) is 6.92 Å². The van der Waals surface area contributed by atoms with Gasteiger partial charge in [-0.25, -0.2) is 0 Å². The van der Waals surface area contributed by atoms with Gasteiger partial charge in [-0.3, -0.25) is 9.59 Å². The Balaban J connectivity index is 1.66. The number of nitrogens with one attached hydrogen (secondary N) is 2. The van der Waals surface area contributed by atoms with Crippen molar-refractivity contribution in [3.05, 3.63) is 69.9 Å². The Morgan fingerprint density at radius 1 is 0.897 bits per heavy atom. The van der Waals surface area contributed by atoms with E-state index in [4.69, 9.17) is 4.74 Å². The highest BCUT2D eigenvalue weighted by Crippen LogP contribution is 2.24. The highest BCUT2D eigenvalue weighted by molar-refractivity contribution is 7.16. The molecular formula is C22H23N3O3S. The number of aryl methyl sites for hydroxylation is 1. The van der Waals surface area contributed by atoms with Crippen LogP contribution in [-0.4, -0.2) is 33.0 Å². The van der Waals surface area contributed by atoms with Crippen LogP contribution in [0.2, 0.25) is 0 Å². The number of carbonyl (C=O) groups excluding carboxylic acids is 2. The van der Waals surface area contributed by atoms with Crippen LogP contribution < -0.4 is 20.3 Å². The van der Waals surface area contributed by atoms with E-state index < -0.39 is 0 Å². The second kappa shape index (κ2) is 8.79. The molecule has 0 saturated carbocycles. The molecule has 1 aromatic heterocycles. The van der Waals surface area contributed by atoms with Gasteiger partial charge in [-0.15, -0.1) is 11.3 Å². The SMILES string of the molecule is COc1ccc(NC(=O)c2ccc(C(=O)Nc3ccc(N(C)C)cc3)s2)c(C)c1. The normalized spacial score (nSPS) is 10.3. The lowest BCUT2D eigenvalue weighted by molar-refractivity contribution is 0.102. The summed E-state index contributed by atoms with van der Waals surface area (Å²) in [4.78, 5) is 28.0. The summed E-state index contributed by atoms with van der Waals surface area (Å²) in [6.45, 7) is 1.90. The summed E-state index contributed by atoms with van der Waals surface area (Å²) < 4.78 is 5.18. The van der Waals surface area contributed by atoms with Crippen molar-refractivity contribution >= 4 is 40.2 Å². The van der Waals surface area contributed by atoms with E-state index in [1.54, 1.807) is 31.4 Å². The Hall–Kier alpha value is -3.32. The molecule has 0 unspecified atom stereocenters. The highest BCUT2D eigenvalue weighted by Gasteiger charge is 2.15. The van der Waals surface area contributed by atoms with E-state index in [1.807, 2.05) is 56.3 Å². The number of amides is 2. The van der Waals surface area contributed by atoms with Crippen LogP contribution in [-0.2, 0) is 0 Å². The lowest BCUT2D eigenvalue weighted by Gasteiger charge is -2.12. The van der Waals surface area contributed by atoms with Crippen molar-refractivity contribution in [3.63, 3.8) is 0 Å². The Morgan fingerprint density at radius 2 is 1.52 bits per heavy atom. The number of hydrogen-bond acceptors (Lipinski definition) is 5. The van der Waals surface area contributed by atoms with Gasteiger partial charge in [0.1, 0.15) is 5.75 Å². The smallest absolute Gasteiger partial charge is 0.265 e. The van der Waals surface area contributed by atoms with Gasteiger partial charge < -0.3 is 20.3 Å². The minimum Gasteiger partial charge on any atom is -0.497 e. The lowest BCUT2D eigenvalue weighted by atomic mass is 10.2. The first-order valence-corrected chi connectivity index (χ1v) is 9.83. The second-order valence-electron chi connectivity index (χ2n) is 6.69. The first-order valence-electron chi connectivity index (χ1n) is 9.02. The molecule has 3 rings (SSSR count). The Labute approximate surface area is 174 Å². The van der Waals surface area contributed by atoms with E-state index in [0.29, 0.717) is 21.1 Å². The number of methoxy groups -OCH3 is 1. The third-order valence-corrected chi connectivity index (χ3v) is 5.46. The Kier molecular flexibility index (Phi) is 6.19. The quantitative estimate of drug-likeness (QED) is 0.622. The molecule has 0 aliphatic heterocycles. The van der Waals surface area contributed by atoms with Crippen LogP contribution in [0, 0.1) is 6.92 Å². The summed E-state index contributed by atoms with van der Waals surface area (Å²) in [5, 5.41) is 5.73. The topological polar surface area (TPSA) is 70.7 Å². The number of benzene rings is 2. The molecule has 2 amide bonds. The van der Waals surface area contributed by atoms with Crippen molar-refractivity contribution < 1.29 is 14.3 Å². The zero-order chi connectivity index (χ0) is 21.0. The molecule has 0 radical (unpaired) electrons. The van der Waals surface area contributed by atoms with Gasteiger partial charge in [-0.1, -0.05) is 0 Å². The molecule has 0 atom stereocenters. The van der Waals surface area contributed by atoms with Crippen molar-refractivity contribution in [2.24, 2.45) is 0 Å². The third kappa shape index (κ3) is 4.94. The average molecular weight is 410 g/mol. The fraction of sp³-hybridized carbons (Fsp3) is 0.182. The maximum Gasteiger partial charge on any atom is 0.265 e. The van der Waals surface area contributed by atoms with Gasteiger partial charge >= 0.3 is 0 Å². The molecule has 3 aromatic rings. The predicted molar refractivity (Wildman–Crippen MR) is 119 cm³/mol. The van der Waals surface area contributed by atoms with Gasteiger partial charge in [0.25, 0.3) is 11.8 Å². The third-order valence-electron chi connectivity index (χ3n) is 4.38. The van der Waals surface area contributed by atoms with Gasteiger partial charge in [0.05, 0.1) is 16.9 Å². The van der Waals surface area contributed by atoms with Crippen LogP contribution >= 0.6 is 11.3 Å². The van der Waals surface area contributed by atoms with E-state index in [9.17, 15) is 9.59 Å². The fourth-order valence-electron chi connectivity index (χ4n) is 2.70. The first-order chi connectivity index (χ1) is 13.9. The monoisotopic (exact) mass is 409 g/mol. The number of hydrogen-bond donors (Lipinski definition) is 2. The molecule has 0 spiro atoms. The number of thiophene rings is 1. The van der Waals surface area contributed by atoms with Gasteiger partial charge in [-0.2, -0.15) is 0 Å². The standard InChI is InChI=1S/C22H23N3O3S/c1-14-13-17(28-4)9-10-18(14)24-22(27)20-12-11-19(29-20)21(26)23-15-5-7-16(8-6-15)25(2)3/h5-13H,1-4H3,(H,23,26)(H,24,27). The van der Waals surface area contributed by atoms with E-state index in [0.717, 1.165) is 28.3 Å². The largest absolute Gasteiger partial charge is 0.497 e. The van der Waals surface area contributed by atoms with Crippen molar-refractivity contribution in [1.29, 1.82) is 0 Å². The highest BCUT2D eigenvalue weighted by atomic mass is 32.1. The molecule has 1 heterocycles. The van der Waals surface area contributed by atoms with Gasteiger partial charge in [0, 0.05) is 31.2 Å². The molecule has 7 heteroatoms. The van der Waals surface area contributed by atoms with Crippen LogP contribution in [0.4, 0.5) is 17.1 Å². The molecule has 0 aliphatic rings. The van der Waals surface area contributed by atoms with Crippen LogP contribution in [0.15, 0.2) is 54.6 Å². The summed E-state index contributed by atoms with van der Waals surface area (Å²) in [6, 6.07) is 16.3. The Morgan fingerprint density at radius 3 is 2.07 bits per heavy atom. The zero-order valence-corrected chi connectivity index (χ0v) is 17.6. The molecule has 0 fully saturated rings. The van der Waals surface area contributed by atoms with Crippen molar-refractivity contribution in [1.82, 2.24) is 0 Å². The fourth-order valence-corrected chi connectivity index (χ4v) is 3.50. The number of ether oxygens (including phenoxy) is 1. The molecule has 6 nitrogen and oxygen atoms in total. The summed E-state index contributed by atoms with van der Waals surface area (Å²) >= 11 is 1.15. The summed E-state index contributed by atoms with van der Waals surface area (Å²) in [5.74, 6) is 0.235. The van der Waals surface area contributed by atoms with E-state index in [1.165, 1.54) is 0 Å². The Bertz CT molecular complexity index is 1030. The molecule has 0 bridgehead atoms. The molecule has 0 saturated heterocycles. The maximum atomic E-state index is 12.5. The van der Waals surface area contributed by atoms with Crippen molar-refractivity contribution in [2.75, 3.05) is 36.7 Å². The van der Waals surface area contributed by atoms with E-state index in [2.05, 4.69) is 10.6 Å². The number of carbonyl (C=O) groups is 2. The van der Waals surface area contributed by atoms with E-state index in [-0.39, 0.29) is 11.8 Å². The van der Waals surface area contributed by atoms with Crippen LogP contribution in [0.3, 0.4) is 0 Å². The van der Waals surface area contributed by atoms with E-state index >= 15 is 0 Å². The summed E-state index contributed by atoms with van der Waals surface area (Å²) in [6.07, 6.45) is 0. The van der Waals surface area contributed by atoms with Gasteiger partial charge in [-0.05, 0) is 67.1 Å². The molecule has 2 aromatic carbocycles. The second-order valence-corrected chi connectivity index (χ2v) is 7.78. The number of anilines is 3. The minimum atomic E-state index is -0.252. The number of rotatable bonds is 6. The average Bonchev–Trinajstić information content (AvgIpc) is 3.20. The molecule has 0 aliphatic carbocycles. The summed E-state index contributed by atoms with van der Waals surface area (Å²) in [7, 11) is 5.51. The molecule has 150 valence electrons.